The molecule has 0 aliphatic rings. The van der Waals surface area contributed by atoms with Gasteiger partial charge in [0.15, 0.2) is 0 Å². The van der Waals surface area contributed by atoms with Gasteiger partial charge in [-0.25, -0.2) is 0 Å². The van der Waals surface area contributed by atoms with Gasteiger partial charge in [0.1, 0.15) is 5.60 Å². The molecule has 0 aromatic carbocycles. The molecule has 0 bridgehead atoms. The molecule has 0 saturated carbocycles. The summed E-state index contributed by atoms with van der Waals surface area (Å²) < 4.78 is 4.54. The number of aliphatic carboxylic acids is 1. The second-order valence-corrected chi connectivity index (χ2v) is 3.03. The molecule has 0 aliphatic heterocycles. The van der Waals surface area contributed by atoms with Crippen LogP contribution < -0.4 is 5.11 Å². The minimum Gasteiger partial charge on any atom is -0.547 e. The molecule has 0 radical (unpaired) electrons. The zero-order valence-electron chi connectivity index (χ0n) is 8.86. The molecule has 1 heterocycles. The van der Waals surface area contributed by atoms with E-state index in [9.17, 15) is 9.90 Å². The number of carboxylic acid groups (broad SMARTS) is 1. The maximum absolute atomic E-state index is 10.0. The summed E-state index contributed by atoms with van der Waals surface area (Å²) in [6, 6.07) is 5.72. The van der Waals surface area contributed by atoms with Gasteiger partial charge in [-0.15, -0.1) is 0 Å². The van der Waals surface area contributed by atoms with Gasteiger partial charge in [0.25, 0.3) is 0 Å². The van der Waals surface area contributed by atoms with Crippen LogP contribution in [-0.2, 0) is 31.9 Å². The predicted molar refractivity (Wildman–Crippen MR) is 50.3 cm³/mol. The minimum atomic E-state index is -1.19. The van der Waals surface area contributed by atoms with Gasteiger partial charge in [0, 0.05) is 19.5 Å². The summed E-state index contributed by atoms with van der Waals surface area (Å²) in [5.41, 5.74) is -1.15. The van der Waals surface area contributed by atoms with Crippen molar-refractivity contribution >= 4 is 5.97 Å². The molecule has 0 aliphatic carbocycles. The van der Waals surface area contributed by atoms with Crippen LogP contribution in [-0.4, -0.2) is 23.7 Å². The Bertz CT molecular complexity index is 238. The zero-order chi connectivity index (χ0) is 11.0. The zero-order valence-corrected chi connectivity index (χ0v) is 10.3. The van der Waals surface area contributed by atoms with Crippen LogP contribution in [0.5, 0.6) is 0 Å². The summed E-state index contributed by atoms with van der Waals surface area (Å²) in [7, 11) is 1.33. The summed E-state index contributed by atoms with van der Waals surface area (Å²) in [6.45, 7) is 2.87. The summed E-state index contributed by atoms with van der Waals surface area (Å²) in [5, 5.41) is 10.0. The molecule has 5 heteroatoms. The number of pyridine rings is 1. The van der Waals surface area contributed by atoms with Crippen molar-refractivity contribution in [2.75, 3.05) is 7.11 Å². The molecule has 88 valence electrons. The normalized spacial score (nSPS) is 9.27. The first-order valence-electron chi connectivity index (χ1n) is 4.12. The van der Waals surface area contributed by atoms with Gasteiger partial charge in [-0.05, 0) is 26.0 Å². The average molecular weight is 304 g/mol. The third kappa shape index (κ3) is 8.32. The molecule has 0 atom stereocenters. The number of aromatic nitrogens is 1. The molecule has 0 amide bonds. The van der Waals surface area contributed by atoms with Gasteiger partial charge in [-0.1, -0.05) is 6.07 Å². The van der Waals surface area contributed by atoms with Crippen molar-refractivity contribution in [3.8, 4) is 0 Å². The number of hydrogen-bond donors (Lipinski definition) is 0. The fraction of sp³-hybridized carbons (Fsp3) is 0.400. The van der Waals surface area contributed by atoms with Crippen molar-refractivity contribution in [2.24, 2.45) is 0 Å². The quantitative estimate of drug-likeness (QED) is 0.734. The first kappa shape index (κ1) is 16.7. The van der Waals surface area contributed by atoms with Gasteiger partial charge in [-0.3, -0.25) is 4.98 Å². The molecule has 0 N–H and O–H groups in total. The maximum Gasteiger partial charge on any atom is 1.00 e. The molecule has 0 unspecified atom stereocenters. The summed E-state index contributed by atoms with van der Waals surface area (Å²) in [4.78, 5) is 13.8. The maximum atomic E-state index is 10.0. The minimum absolute atomic E-state index is 0. The van der Waals surface area contributed by atoms with Crippen molar-refractivity contribution in [2.45, 2.75) is 19.4 Å². The van der Waals surface area contributed by atoms with Gasteiger partial charge < -0.3 is 14.6 Å². The number of nitrogens with zero attached hydrogens (tertiary/aromatic N) is 1. The van der Waals surface area contributed by atoms with Crippen molar-refractivity contribution in [3.63, 3.8) is 0 Å². The standard InChI is InChI=1S/C5H5N.C5H10O3.Ag/c1-2-4-6-5-3-1;1-5(2,8-3)4(6)7;/h1-5H;1-3H3,(H,6,7);/q;;+1/p-1. The molecule has 15 heavy (non-hydrogen) atoms. The molecule has 1 rings (SSSR count). The van der Waals surface area contributed by atoms with Crippen molar-refractivity contribution in [1.29, 1.82) is 0 Å². The number of hydrogen-bond acceptors (Lipinski definition) is 4. The van der Waals surface area contributed by atoms with Crippen LogP contribution in [0, 0.1) is 0 Å². The molecule has 0 fully saturated rings. The van der Waals surface area contributed by atoms with E-state index in [-0.39, 0.29) is 22.4 Å². The van der Waals surface area contributed by atoms with Gasteiger partial charge in [-0.2, -0.15) is 0 Å². The van der Waals surface area contributed by atoms with E-state index < -0.39 is 11.6 Å². The molecule has 1 aromatic heterocycles. The Morgan fingerprint density at radius 3 is 1.80 bits per heavy atom. The fourth-order valence-electron chi connectivity index (χ4n) is 0.396. The smallest absolute Gasteiger partial charge is 0.547 e. The van der Waals surface area contributed by atoms with Gasteiger partial charge in [0.05, 0.1) is 5.97 Å². The number of carbonyl (C=O) groups excluding carboxylic acids is 1. The van der Waals surface area contributed by atoms with Crippen molar-refractivity contribution in [3.05, 3.63) is 30.6 Å². The number of carbonyl (C=O) groups is 1. The Balaban J connectivity index is 0. The number of carboxylic acids is 1. The summed E-state index contributed by atoms with van der Waals surface area (Å²) in [6.07, 6.45) is 3.50. The topological polar surface area (TPSA) is 62.2 Å². The van der Waals surface area contributed by atoms with Gasteiger partial charge in [0.2, 0.25) is 0 Å². The predicted octanol–water partition coefficient (Wildman–Crippen LogP) is 0.240. The van der Waals surface area contributed by atoms with E-state index in [2.05, 4.69) is 9.72 Å². The molecule has 0 spiro atoms. The third-order valence-corrected chi connectivity index (χ3v) is 1.57. The number of methoxy groups -OCH3 is 1. The monoisotopic (exact) mass is 303 g/mol. The van der Waals surface area contributed by atoms with Crippen LogP contribution >= 0.6 is 0 Å². The van der Waals surface area contributed by atoms with Crippen LogP contribution in [0.15, 0.2) is 30.6 Å². The number of ether oxygens (including phenoxy) is 1. The van der Waals surface area contributed by atoms with Crippen molar-refractivity contribution < 1.29 is 37.0 Å². The van der Waals surface area contributed by atoms with Crippen LogP contribution in [0.25, 0.3) is 0 Å². The van der Waals surface area contributed by atoms with E-state index in [0.717, 1.165) is 0 Å². The van der Waals surface area contributed by atoms with E-state index in [1.807, 2.05) is 18.2 Å². The SMILES string of the molecule is COC(C)(C)C(=O)[O-].[Ag+].c1ccncc1. The summed E-state index contributed by atoms with van der Waals surface area (Å²) in [5.74, 6) is -1.19. The molecule has 1 aromatic rings. The van der Waals surface area contributed by atoms with E-state index in [4.69, 9.17) is 0 Å². The second kappa shape index (κ2) is 8.61. The Hall–Kier alpha value is -0.680. The Morgan fingerprint density at radius 1 is 1.27 bits per heavy atom. The van der Waals surface area contributed by atoms with Crippen LogP contribution in [0.4, 0.5) is 0 Å². The van der Waals surface area contributed by atoms with Crippen LogP contribution in [0.2, 0.25) is 0 Å². The van der Waals surface area contributed by atoms with Gasteiger partial charge >= 0.3 is 22.4 Å². The summed E-state index contributed by atoms with van der Waals surface area (Å²) >= 11 is 0. The third-order valence-electron chi connectivity index (χ3n) is 1.57. The first-order chi connectivity index (χ1) is 6.50. The number of rotatable bonds is 2. The van der Waals surface area contributed by atoms with E-state index >= 15 is 0 Å². The van der Waals surface area contributed by atoms with E-state index in [1.54, 1.807) is 12.4 Å². The Labute approximate surface area is 105 Å². The average Bonchev–Trinajstić information content (AvgIpc) is 2.21. The first-order valence-corrected chi connectivity index (χ1v) is 4.12. The van der Waals surface area contributed by atoms with Crippen molar-refractivity contribution in [1.82, 2.24) is 4.98 Å². The molecular formula is C10H14AgNO3. The van der Waals surface area contributed by atoms with E-state index in [0.29, 0.717) is 0 Å². The Kier molecular flexibility index (Phi) is 9.61. The second-order valence-electron chi connectivity index (χ2n) is 3.03. The van der Waals surface area contributed by atoms with Crippen LogP contribution in [0.1, 0.15) is 13.8 Å². The Morgan fingerprint density at radius 2 is 1.73 bits per heavy atom. The molecule has 4 nitrogen and oxygen atoms in total. The molecular weight excluding hydrogens is 290 g/mol. The molecule has 0 saturated heterocycles. The van der Waals surface area contributed by atoms with Crippen LogP contribution in [0.3, 0.4) is 0 Å². The largest absolute Gasteiger partial charge is 1.00 e. The fourth-order valence-corrected chi connectivity index (χ4v) is 0.396. The van der Waals surface area contributed by atoms with E-state index in [1.165, 1.54) is 21.0 Å².